The number of quaternary nitrogens is 1. The first-order chi connectivity index (χ1) is 6.50. The maximum absolute atomic E-state index is 4.30. The van der Waals surface area contributed by atoms with Crippen molar-refractivity contribution in [3.8, 4) is 0 Å². The molecule has 0 aromatic carbocycles. The second-order valence-electron chi connectivity index (χ2n) is 4.22. The Bertz CT molecular complexity index is 465. The molecule has 5 heteroatoms. The van der Waals surface area contributed by atoms with Crippen molar-refractivity contribution in [1.29, 1.82) is 0 Å². The molecule has 0 radical (unpaired) electrons. The lowest BCUT2D eigenvalue weighted by atomic mass is 10.3. The molecule has 0 saturated carbocycles. The first-order valence-corrected chi connectivity index (χ1v) is 4.45. The third kappa shape index (κ3) is 1.26. The Labute approximate surface area is 82.6 Å². The second kappa shape index (κ2) is 2.75. The van der Waals surface area contributed by atoms with Crippen LogP contribution in [0.15, 0.2) is 12.5 Å². The van der Waals surface area contributed by atoms with Crippen molar-refractivity contribution in [2.75, 3.05) is 21.1 Å². The number of hydrogen-bond acceptors (Lipinski definition) is 3. The zero-order valence-electron chi connectivity index (χ0n) is 8.89. The summed E-state index contributed by atoms with van der Waals surface area (Å²) < 4.78 is 2.43. The summed E-state index contributed by atoms with van der Waals surface area (Å²) in [5.41, 5.74) is 0.878. The highest BCUT2D eigenvalue weighted by atomic mass is 15.3. The van der Waals surface area contributed by atoms with E-state index in [0.717, 1.165) is 16.9 Å². The van der Waals surface area contributed by atoms with Gasteiger partial charge in [-0.1, -0.05) is 0 Å². The third-order valence-corrected chi connectivity index (χ3v) is 2.14. The van der Waals surface area contributed by atoms with Gasteiger partial charge in [-0.05, 0) is 0 Å². The molecule has 0 saturated heterocycles. The SMILES string of the molecule is Cn1ncc2c([N+](C)(C)C)ncnc21. The van der Waals surface area contributed by atoms with Crippen molar-refractivity contribution in [2.45, 2.75) is 0 Å². The summed E-state index contributed by atoms with van der Waals surface area (Å²) in [5.74, 6) is 0.989. The van der Waals surface area contributed by atoms with E-state index in [9.17, 15) is 0 Å². The molecule has 14 heavy (non-hydrogen) atoms. The van der Waals surface area contributed by atoms with Gasteiger partial charge >= 0.3 is 0 Å². The first kappa shape index (κ1) is 9.08. The Morgan fingerprint density at radius 2 is 1.93 bits per heavy atom. The lowest BCUT2D eigenvalue weighted by Gasteiger charge is -2.21. The van der Waals surface area contributed by atoms with Crippen molar-refractivity contribution in [2.24, 2.45) is 7.05 Å². The molecule has 0 aliphatic rings. The fraction of sp³-hybridized carbons (Fsp3) is 0.444. The average Bonchev–Trinajstić information content (AvgIpc) is 2.46. The smallest absolute Gasteiger partial charge is 0.241 e. The van der Waals surface area contributed by atoms with E-state index in [1.54, 1.807) is 11.0 Å². The Morgan fingerprint density at radius 1 is 1.21 bits per heavy atom. The van der Waals surface area contributed by atoms with Crippen molar-refractivity contribution in [3.63, 3.8) is 0 Å². The minimum absolute atomic E-state index is 0.671. The van der Waals surface area contributed by atoms with Crippen LogP contribution < -0.4 is 4.48 Å². The van der Waals surface area contributed by atoms with Gasteiger partial charge in [-0.3, -0.25) is 9.16 Å². The molecule has 0 amide bonds. The summed E-state index contributed by atoms with van der Waals surface area (Å²) in [4.78, 5) is 8.49. The van der Waals surface area contributed by atoms with E-state index >= 15 is 0 Å². The molecule has 0 aliphatic carbocycles. The zero-order chi connectivity index (χ0) is 10.3. The Hall–Kier alpha value is -1.49. The van der Waals surface area contributed by atoms with Crippen molar-refractivity contribution in [1.82, 2.24) is 24.2 Å². The molecule has 0 N–H and O–H groups in total. The van der Waals surface area contributed by atoms with Crippen LogP contribution in [0.3, 0.4) is 0 Å². The lowest BCUT2D eigenvalue weighted by molar-refractivity contribution is 0.476. The molecule has 2 aromatic rings. The predicted molar refractivity (Wildman–Crippen MR) is 55.9 cm³/mol. The van der Waals surface area contributed by atoms with Crippen LogP contribution in [0.2, 0.25) is 0 Å². The molecule has 0 atom stereocenters. The molecular formula is C9H14N5+. The summed E-state index contributed by atoms with van der Waals surface area (Å²) >= 11 is 0. The van der Waals surface area contributed by atoms with Gasteiger partial charge in [0, 0.05) is 7.05 Å². The molecule has 74 valence electrons. The molecule has 2 aromatic heterocycles. The highest BCUT2D eigenvalue weighted by Crippen LogP contribution is 2.23. The van der Waals surface area contributed by atoms with Gasteiger partial charge in [-0.15, -0.1) is 0 Å². The minimum Gasteiger partial charge on any atom is -0.281 e. The van der Waals surface area contributed by atoms with Crippen LogP contribution >= 0.6 is 0 Å². The van der Waals surface area contributed by atoms with Gasteiger partial charge in [-0.25, -0.2) is 4.98 Å². The van der Waals surface area contributed by atoms with Gasteiger partial charge in [0.15, 0.2) is 5.65 Å². The Balaban J connectivity index is 2.79. The highest BCUT2D eigenvalue weighted by Gasteiger charge is 2.20. The van der Waals surface area contributed by atoms with Crippen molar-refractivity contribution >= 4 is 16.9 Å². The molecule has 0 bridgehead atoms. The van der Waals surface area contributed by atoms with Gasteiger partial charge < -0.3 is 0 Å². The summed E-state index contributed by atoms with van der Waals surface area (Å²) in [7, 11) is 8.12. The molecule has 2 heterocycles. The summed E-state index contributed by atoms with van der Waals surface area (Å²) in [6.45, 7) is 0. The first-order valence-electron chi connectivity index (χ1n) is 4.45. The van der Waals surface area contributed by atoms with Crippen LogP contribution in [0.4, 0.5) is 5.82 Å². The summed E-state index contributed by atoms with van der Waals surface area (Å²) in [5, 5.41) is 5.19. The van der Waals surface area contributed by atoms with E-state index in [1.807, 2.05) is 13.2 Å². The van der Waals surface area contributed by atoms with Crippen LogP contribution in [0, 0.1) is 0 Å². The number of nitrogens with zero attached hydrogens (tertiary/aromatic N) is 5. The van der Waals surface area contributed by atoms with E-state index < -0.39 is 0 Å². The zero-order valence-corrected chi connectivity index (χ0v) is 8.89. The van der Waals surface area contributed by atoms with Crippen LogP contribution in [-0.2, 0) is 7.05 Å². The Morgan fingerprint density at radius 3 is 2.57 bits per heavy atom. The van der Waals surface area contributed by atoms with Crippen LogP contribution in [0.1, 0.15) is 0 Å². The topological polar surface area (TPSA) is 43.6 Å². The largest absolute Gasteiger partial charge is 0.281 e. The fourth-order valence-electron chi connectivity index (χ4n) is 1.48. The maximum Gasteiger partial charge on any atom is 0.241 e. The van der Waals surface area contributed by atoms with Crippen LogP contribution in [0.5, 0.6) is 0 Å². The number of fused-ring (bicyclic) bond motifs is 1. The number of hydrogen-bond donors (Lipinski definition) is 0. The quantitative estimate of drug-likeness (QED) is 0.620. The minimum atomic E-state index is 0.671. The average molecular weight is 192 g/mol. The molecule has 0 fully saturated rings. The lowest BCUT2D eigenvalue weighted by Crippen LogP contribution is -2.35. The van der Waals surface area contributed by atoms with Crippen LogP contribution in [0.25, 0.3) is 11.0 Å². The van der Waals surface area contributed by atoms with Gasteiger partial charge in [0.05, 0.1) is 27.3 Å². The van der Waals surface area contributed by atoms with E-state index in [2.05, 4.69) is 36.2 Å². The van der Waals surface area contributed by atoms with E-state index in [0.29, 0.717) is 4.48 Å². The Kier molecular flexibility index (Phi) is 1.78. The van der Waals surface area contributed by atoms with Gasteiger partial charge in [-0.2, -0.15) is 10.1 Å². The molecular weight excluding hydrogens is 178 g/mol. The van der Waals surface area contributed by atoms with Crippen LogP contribution in [-0.4, -0.2) is 40.9 Å². The van der Waals surface area contributed by atoms with Gasteiger partial charge in [0.25, 0.3) is 0 Å². The highest BCUT2D eigenvalue weighted by molar-refractivity contribution is 5.85. The molecule has 5 nitrogen and oxygen atoms in total. The summed E-state index contributed by atoms with van der Waals surface area (Å²) in [6.07, 6.45) is 3.40. The van der Waals surface area contributed by atoms with Crippen molar-refractivity contribution in [3.05, 3.63) is 12.5 Å². The predicted octanol–water partition coefficient (Wildman–Crippen LogP) is 0.560. The van der Waals surface area contributed by atoms with Gasteiger partial charge in [0.1, 0.15) is 11.7 Å². The third-order valence-electron chi connectivity index (χ3n) is 2.14. The number of rotatable bonds is 1. The summed E-state index contributed by atoms with van der Waals surface area (Å²) in [6, 6.07) is 0. The number of aromatic nitrogens is 4. The molecule has 0 unspecified atom stereocenters. The van der Waals surface area contributed by atoms with Gasteiger partial charge in [0.2, 0.25) is 5.82 Å². The number of aryl methyl sites for hydroxylation is 1. The molecule has 0 aliphatic heterocycles. The molecule has 0 spiro atoms. The van der Waals surface area contributed by atoms with E-state index in [1.165, 1.54) is 0 Å². The van der Waals surface area contributed by atoms with Crippen molar-refractivity contribution < 1.29 is 0 Å². The normalized spacial score (nSPS) is 12.3. The fourth-order valence-corrected chi connectivity index (χ4v) is 1.48. The monoisotopic (exact) mass is 192 g/mol. The second-order valence-corrected chi connectivity index (χ2v) is 4.22. The molecule has 2 rings (SSSR count). The standard InChI is InChI=1S/C9H14N5/c1-13-8-7(5-12-13)9(11-6-10-8)14(2,3)4/h5-6H,1-4H3/q+1. The van der Waals surface area contributed by atoms with E-state index in [4.69, 9.17) is 0 Å². The maximum atomic E-state index is 4.30. The van der Waals surface area contributed by atoms with E-state index in [-0.39, 0.29) is 0 Å².